The van der Waals surface area contributed by atoms with Gasteiger partial charge in [-0.05, 0) is 30.2 Å². The highest BCUT2D eigenvalue weighted by atomic mass is 32.2. The number of hydrogen-bond acceptors (Lipinski definition) is 4. The molecule has 1 aliphatic rings. The molecule has 0 bridgehead atoms. The molecule has 0 saturated carbocycles. The van der Waals surface area contributed by atoms with E-state index in [2.05, 4.69) is 13.8 Å². The molecule has 3 unspecified atom stereocenters. The second-order valence-corrected chi connectivity index (χ2v) is 5.80. The van der Waals surface area contributed by atoms with E-state index in [0.717, 1.165) is 5.75 Å². The van der Waals surface area contributed by atoms with Crippen molar-refractivity contribution >= 4 is 17.5 Å². The van der Waals surface area contributed by atoms with E-state index in [9.17, 15) is 15.0 Å². The Morgan fingerprint density at radius 3 is 2.62 bits per heavy atom. The lowest BCUT2D eigenvalue weighted by Crippen LogP contribution is -2.28. The summed E-state index contributed by atoms with van der Waals surface area (Å²) in [6.07, 6.45) is 2.23. The number of hydrogen-bond donors (Lipinski definition) is 2. The average molecular weight is 244 g/mol. The Hall–Kier alpha value is -0.320. The molecule has 1 aliphatic carbocycles. The Labute approximate surface area is 101 Å². The second kappa shape index (κ2) is 6.42. The predicted octanol–water partition coefficient (Wildman–Crippen LogP) is 1.53. The molecule has 0 saturated heterocycles. The largest absolute Gasteiger partial charge is 0.386 e. The fourth-order valence-corrected chi connectivity index (χ4v) is 2.88. The van der Waals surface area contributed by atoms with Gasteiger partial charge in [-0.2, -0.15) is 11.8 Å². The van der Waals surface area contributed by atoms with Crippen LogP contribution in [-0.2, 0) is 4.79 Å². The van der Waals surface area contributed by atoms with Gasteiger partial charge in [0.05, 0.1) is 0 Å². The van der Waals surface area contributed by atoms with Crippen molar-refractivity contribution in [3.63, 3.8) is 0 Å². The first-order valence-electron chi connectivity index (χ1n) is 5.78. The SMILES string of the molecule is CCCCSC(C)CC1=CC(=O)C(O)C1O. The highest BCUT2D eigenvalue weighted by molar-refractivity contribution is 7.99. The molecule has 3 atom stereocenters. The van der Waals surface area contributed by atoms with Crippen molar-refractivity contribution in [1.29, 1.82) is 0 Å². The summed E-state index contributed by atoms with van der Waals surface area (Å²) in [5.41, 5.74) is 0.675. The van der Waals surface area contributed by atoms with Crippen LogP contribution in [0.1, 0.15) is 33.1 Å². The van der Waals surface area contributed by atoms with Gasteiger partial charge in [0.1, 0.15) is 12.2 Å². The number of unbranched alkanes of at least 4 members (excludes halogenated alkanes) is 1. The molecule has 1 rings (SSSR count). The van der Waals surface area contributed by atoms with E-state index in [1.54, 1.807) is 0 Å². The van der Waals surface area contributed by atoms with Crippen LogP contribution < -0.4 is 0 Å². The monoisotopic (exact) mass is 244 g/mol. The summed E-state index contributed by atoms with van der Waals surface area (Å²) in [5.74, 6) is 0.741. The molecule has 3 nitrogen and oxygen atoms in total. The van der Waals surface area contributed by atoms with Crippen LogP contribution in [0.2, 0.25) is 0 Å². The number of aliphatic hydroxyl groups is 2. The first-order chi connectivity index (χ1) is 7.56. The molecule has 0 amide bonds. The van der Waals surface area contributed by atoms with Gasteiger partial charge < -0.3 is 10.2 Å². The van der Waals surface area contributed by atoms with Gasteiger partial charge in [0, 0.05) is 5.25 Å². The van der Waals surface area contributed by atoms with Gasteiger partial charge >= 0.3 is 0 Å². The van der Waals surface area contributed by atoms with Crippen molar-refractivity contribution < 1.29 is 15.0 Å². The lowest BCUT2D eigenvalue weighted by molar-refractivity contribution is -0.124. The Morgan fingerprint density at radius 1 is 1.44 bits per heavy atom. The molecule has 0 radical (unpaired) electrons. The standard InChI is InChI=1S/C12H20O3S/c1-3-4-5-16-8(2)6-9-7-10(13)12(15)11(9)14/h7-8,11-12,14-15H,3-6H2,1-2H3. The van der Waals surface area contributed by atoms with E-state index in [1.807, 2.05) is 11.8 Å². The van der Waals surface area contributed by atoms with E-state index < -0.39 is 12.2 Å². The van der Waals surface area contributed by atoms with Crippen LogP contribution in [0, 0.1) is 0 Å². The van der Waals surface area contributed by atoms with Crippen molar-refractivity contribution in [2.24, 2.45) is 0 Å². The fourth-order valence-electron chi connectivity index (χ4n) is 1.71. The third kappa shape index (κ3) is 3.61. The summed E-state index contributed by atoms with van der Waals surface area (Å²) in [6, 6.07) is 0. The zero-order valence-corrected chi connectivity index (χ0v) is 10.7. The maximum Gasteiger partial charge on any atom is 0.187 e. The molecular formula is C12H20O3S. The molecular weight excluding hydrogens is 224 g/mol. The number of aliphatic hydroxyl groups excluding tert-OH is 2. The summed E-state index contributed by atoms with van der Waals surface area (Å²) >= 11 is 1.85. The summed E-state index contributed by atoms with van der Waals surface area (Å²) in [6.45, 7) is 4.24. The van der Waals surface area contributed by atoms with Gasteiger partial charge in [-0.15, -0.1) is 0 Å². The zero-order chi connectivity index (χ0) is 12.1. The molecule has 16 heavy (non-hydrogen) atoms. The summed E-state index contributed by atoms with van der Waals surface area (Å²) in [5, 5.41) is 19.3. The van der Waals surface area contributed by atoms with Gasteiger partial charge in [-0.25, -0.2) is 0 Å². The van der Waals surface area contributed by atoms with Crippen molar-refractivity contribution in [2.75, 3.05) is 5.75 Å². The lowest BCUT2D eigenvalue weighted by atomic mass is 10.1. The highest BCUT2D eigenvalue weighted by Gasteiger charge is 2.33. The average Bonchev–Trinajstić information content (AvgIpc) is 2.47. The van der Waals surface area contributed by atoms with Crippen LogP contribution in [0.3, 0.4) is 0 Å². The molecule has 2 N–H and O–H groups in total. The van der Waals surface area contributed by atoms with E-state index in [1.165, 1.54) is 18.9 Å². The van der Waals surface area contributed by atoms with E-state index in [4.69, 9.17) is 0 Å². The number of thioether (sulfide) groups is 1. The number of rotatable bonds is 6. The first kappa shape index (κ1) is 13.7. The minimum Gasteiger partial charge on any atom is -0.386 e. The van der Waals surface area contributed by atoms with Crippen LogP contribution in [0.4, 0.5) is 0 Å². The van der Waals surface area contributed by atoms with Gasteiger partial charge in [0.25, 0.3) is 0 Å². The van der Waals surface area contributed by atoms with Crippen molar-refractivity contribution in [2.45, 2.75) is 50.6 Å². The van der Waals surface area contributed by atoms with Crippen LogP contribution in [0.15, 0.2) is 11.6 Å². The quantitative estimate of drug-likeness (QED) is 0.696. The Kier molecular flexibility index (Phi) is 5.52. The maximum absolute atomic E-state index is 11.1. The molecule has 0 aromatic carbocycles. The van der Waals surface area contributed by atoms with E-state index >= 15 is 0 Å². The van der Waals surface area contributed by atoms with Crippen LogP contribution in [-0.4, -0.2) is 39.2 Å². The van der Waals surface area contributed by atoms with Crippen LogP contribution >= 0.6 is 11.8 Å². The predicted molar refractivity (Wildman–Crippen MR) is 66.5 cm³/mol. The van der Waals surface area contributed by atoms with E-state index in [0.29, 0.717) is 17.2 Å². The third-order valence-corrected chi connectivity index (χ3v) is 3.98. The fraction of sp³-hybridized carbons (Fsp3) is 0.750. The molecule has 0 fully saturated rings. The summed E-state index contributed by atoms with van der Waals surface area (Å²) in [7, 11) is 0. The first-order valence-corrected chi connectivity index (χ1v) is 6.83. The van der Waals surface area contributed by atoms with Gasteiger partial charge in [-0.1, -0.05) is 20.3 Å². The molecule has 0 spiro atoms. The maximum atomic E-state index is 11.1. The van der Waals surface area contributed by atoms with Crippen LogP contribution in [0.5, 0.6) is 0 Å². The Morgan fingerprint density at radius 2 is 2.12 bits per heavy atom. The number of carbonyl (C=O) groups is 1. The smallest absolute Gasteiger partial charge is 0.187 e. The molecule has 0 heterocycles. The summed E-state index contributed by atoms with van der Waals surface area (Å²) in [4.78, 5) is 11.1. The highest BCUT2D eigenvalue weighted by Crippen LogP contribution is 2.26. The molecule has 0 aromatic heterocycles. The van der Waals surface area contributed by atoms with Crippen molar-refractivity contribution in [3.8, 4) is 0 Å². The van der Waals surface area contributed by atoms with Crippen molar-refractivity contribution in [1.82, 2.24) is 0 Å². The van der Waals surface area contributed by atoms with E-state index in [-0.39, 0.29) is 5.78 Å². The van der Waals surface area contributed by atoms with Gasteiger partial charge in [0.15, 0.2) is 5.78 Å². The number of carbonyl (C=O) groups excluding carboxylic acids is 1. The summed E-state index contributed by atoms with van der Waals surface area (Å²) < 4.78 is 0. The second-order valence-electron chi connectivity index (χ2n) is 4.25. The normalized spacial score (nSPS) is 27.0. The van der Waals surface area contributed by atoms with Gasteiger partial charge in [-0.3, -0.25) is 4.79 Å². The topological polar surface area (TPSA) is 57.5 Å². The Bertz CT molecular complexity index is 275. The lowest BCUT2D eigenvalue weighted by Gasteiger charge is -2.15. The van der Waals surface area contributed by atoms with Crippen molar-refractivity contribution in [3.05, 3.63) is 11.6 Å². The minimum absolute atomic E-state index is 0.367. The molecule has 0 aliphatic heterocycles. The molecule has 0 aromatic rings. The zero-order valence-electron chi connectivity index (χ0n) is 9.85. The molecule has 92 valence electrons. The Balaban J connectivity index is 2.37. The number of ketones is 1. The van der Waals surface area contributed by atoms with Gasteiger partial charge in [0.2, 0.25) is 0 Å². The third-order valence-electron chi connectivity index (χ3n) is 2.72. The molecule has 4 heteroatoms. The minimum atomic E-state index is -1.23. The van der Waals surface area contributed by atoms with Crippen LogP contribution in [0.25, 0.3) is 0 Å².